The maximum absolute atomic E-state index is 12.9. The van der Waals surface area contributed by atoms with Gasteiger partial charge in [-0.1, -0.05) is 26.3 Å². The molecule has 0 amide bonds. The van der Waals surface area contributed by atoms with Crippen molar-refractivity contribution in [2.75, 3.05) is 7.05 Å². The molecule has 0 fully saturated rings. The maximum Gasteiger partial charge on any atom is 0.182 e. The summed E-state index contributed by atoms with van der Waals surface area (Å²) >= 11 is 0. The molecule has 2 unspecified atom stereocenters. The third-order valence-corrected chi connectivity index (χ3v) is 6.40. The third kappa shape index (κ3) is 3.61. The molecule has 1 aromatic carbocycles. The second-order valence-corrected chi connectivity index (χ2v) is 7.59. The van der Waals surface area contributed by atoms with Crippen molar-refractivity contribution in [1.82, 2.24) is 5.32 Å². The Bertz CT molecular complexity index is 537. The molecule has 0 aliphatic rings. The van der Waals surface area contributed by atoms with E-state index in [0.717, 1.165) is 24.0 Å². The molecule has 20 heavy (non-hydrogen) atoms. The van der Waals surface area contributed by atoms with Crippen LogP contribution in [0.1, 0.15) is 44.2 Å². The van der Waals surface area contributed by atoms with E-state index in [1.54, 1.807) is 12.1 Å². The van der Waals surface area contributed by atoms with Crippen molar-refractivity contribution in [3.63, 3.8) is 0 Å². The maximum atomic E-state index is 12.9. The smallest absolute Gasteiger partial charge is 0.182 e. The van der Waals surface area contributed by atoms with E-state index < -0.39 is 9.84 Å². The van der Waals surface area contributed by atoms with Crippen LogP contribution in [0.15, 0.2) is 23.1 Å². The Labute approximate surface area is 123 Å². The van der Waals surface area contributed by atoms with Gasteiger partial charge >= 0.3 is 0 Å². The quantitative estimate of drug-likeness (QED) is 0.840. The first kappa shape index (κ1) is 17.2. The van der Waals surface area contributed by atoms with E-state index in [1.165, 1.54) is 0 Å². The number of aryl methyl sites for hydroxylation is 2. The molecule has 0 aromatic heterocycles. The predicted molar refractivity (Wildman–Crippen MR) is 84.9 cm³/mol. The minimum atomic E-state index is -3.29. The summed E-state index contributed by atoms with van der Waals surface area (Å²) in [5.41, 5.74) is 2.15. The molecule has 114 valence electrons. The molecule has 1 rings (SSSR count). The normalized spacial score (nSPS) is 15.1. The lowest BCUT2D eigenvalue weighted by atomic mass is 10.1. The number of benzene rings is 1. The molecule has 0 spiro atoms. The van der Waals surface area contributed by atoms with Crippen molar-refractivity contribution in [3.05, 3.63) is 29.3 Å². The number of rotatable bonds is 7. The molecule has 0 aliphatic heterocycles. The molecule has 0 saturated heterocycles. The van der Waals surface area contributed by atoms with Crippen molar-refractivity contribution in [1.29, 1.82) is 0 Å². The summed E-state index contributed by atoms with van der Waals surface area (Å²) in [5, 5.41) is 2.81. The first-order valence-corrected chi connectivity index (χ1v) is 8.91. The van der Waals surface area contributed by atoms with Crippen molar-refractivity contribution >= 4 is 9.84 Å². The van der Waals surface area contributed by atoms with Crippen LogP contribution < -0.4 is 5.32 Å². The molecule has 0 saturated carbocycles. The lowest BCUT2D eigenvalue weighted by Crippen LogP contribution is -2.42. The van der Waals surface area contributed by atoms with E-state index in [0.29, 0.717) is 11.3 Å². The lowest BCUT2D eigenvalue weighted by Gasteiger charge is -2.26. The minimum Gasteiger partial charge on any atom is -0.316 e. The van der Waals surface area contributed by atoms with E-state index >= 15 is 0 Å². The zero-order chi connectivity index (χ0) is 15.3. The molecular weight excluding hydrogens is 270 g/mol. The van der Waals surface area contributed by atoms with Gasteiger partial charge < -0.3 is 5.32 Å². The van der Waals surface area contributed by atoms with Gasteiger partial charge in [0.2, 0.25) is 0 Å². The molecule has 0 radical (unpaired) electrons. The van der Waals surface area contributed by atoms with Gasteiger partial charge in [-0.2, -0.15) is 0 Å². The molecule has 1 aromatic rings. The Morgan fingerprint density at radius 1 is 1.15 bits per heavy atom. The average molecular weight is 297 g/mol. The Kier molecular flexibility index (Phi) is 6.21. The SMILES string of the molecule is CCCC(NC)C(CC)S(=O)(=O)c1ccc(C)c(C)c1. The predicted octanol–water partition coefficient (Wildman–Crippen LogP) is 3.24. The van der Waals surface area contributed by atoms with Crippen molar-refractivity contribution in [2.24, 2.45) is 0 Å². The van der Waals surface area contributed by atoms with Gasteiger partial charge in [-0.3, -0.25) is 0 Å². The molecular formula is C16H27NO2S. The van der Waals surface area contributed by atoms with Crippen molar-refractivity contribution in [2.45, 2.75) is 63.1 Å². The number of sulfone groups is 1. The van der Waals surface area contributed by atoms with E-state index in [1.807, 2.05) is 33.9 Å². The second-order valence-electron chi connectivity index (χ2n) is 5.42. The highest BCUT2D eigenvalue weighted by atomic mass is 32.2. The fourth-order valence-corrected chi connectivity index (χ4v) is 4.70. The van der Waals surface area contributed by atoms with E-state index in [-0.39, 0.29) is 11.3 Å². The molecule has 0 bridgehead atoms. The summed E-state index contributed by atoms with van der Waals surface area (Å²) in [5.74, 6) is 0. The Morgan fingerprint density at radius 3 is 2.25 bits per heavy atom. The summed E-state index contributed by atoms with van der Waals surface area (Å²) in [6, 6.07) is 5.44. The summed E-state index contributed by atoms with van der Waals surface area (Å²) in [6.45, 7) is 7.98. The first-order chi connectivity index (χ1) is 9.38. The first-order valence-electron chi connectivity index (χ1n) is 7.36. The van der Waals surface area contributed by atoms with Crippen LogP contribution in [0.2, 0.25) is 0 Å². The van der Waals surface area contributed by atoms with Gasteiger partial charge in [0, 0.05) is 6.04 Å². The van der Waals surface area contributed by atoms with Gasteiger partial charge in [-0.25, -0.2) is 8.42 Å². The Balaban J connectivity index is 3.20. The number of hydrogen-bond donors (Lipinski definition) is 1. The topological polar surface area (TPSA) is 46.2 Å². The fourth-order valence-electron chi connectivity index (χ4n) is 2.61. The van der Waals surface area contributed by atoms with Crippen LogP contribution in [-0.2, 0) is 9.84 Å². The molecule has 1 N–H and O–H groups in total. The van der Waals surface area contributed by atoms with Gasteiger partial charge in [-0.05, 0) is 57.0 Å². The lowest BCUT2D eigenvalue weighted by molar-refractivity contribution is 0.464. The summed E-state index contributed by atoms with van der Waals surface area (Å²) in [4.78, 5) is 0.448. The summed E-state index contributed by atoms with van der Waals surface area (Å²) in [7, 11) is -1.44. The molecule has 0 heterocycles. The molecule has 0 aliphatic carbocycles. The van der Waals surface area contributed by atoms with E-state index in [2.05, 4.69) is 12.2 Å². The molecule has 2 atom stereocenters. The fraction of sp³-hybridized carbons (Fsp3) is 0.625. The van der Waals surface area contributed by atoms with Crippen LogP contribution >= 0.6 is 0 Å². The monoisotopic (exact) mass is 297 g/mol. The van der Waals surface area contributed by atoms with Gasteiger partial charge in [0.15, 0.2) is 9.84 Å². The van der Waals surface area contributed by atoms with Gasteiger partial charge in [0.25, 0.3) is 0 Å². The van der Waals surface area contributed by atoms with Crippen LogP contribution in [0.3, 0.4) is 0 Å². The Hall–Kier alpha value is -0.870. The largest absolute Gasteiger partial charge is 0.316 e. The summed E-state index contributed by atoms with van der Waals surface area (Å²) < 4.78 is 25.7. The van der Waals surface area contributed by atoms with Crippen LogP contribution in [0.5, 0.6) is 0 Å². The van der Waals surface area contributed by atoms with E-state index in [9.17, 15) is 8.42 Å². The highest BCUT2D eigenvalue weighted by molar-refractivity contribution is 7.92. The number of hydrogen-bond acceptors (Lipinski definition) is 3. The Morgan fingerprint density at radius 2 is 1.80 bits per heavy atom. The average Bonchev–Trinajstić information content (AvgIpc) is 2.41. The van der Waals surface area contributed by atoms with E-state index in [4.69, 9.17) is 0 Å². The zero-order valence-corrected chi connectivity index (χ0v) is 14.0. The zero-order valence-electron chi connectivity index (χ0n) is 13.2. The second kappa shape index (κ2) is 7.23. The van der Waals surface area contributed by atoms with Gasteiger partial charge in [-0.15, -0.1) is 0 Å². The van der Waals surface area contributed by atoms with Crippen LogP contribution in [-0.4, -0.2) is 26.8 Å². The highest BCUT2D eigenvalue weighted by Gasteiger charge is 2.32. The summed E-state index contributed by atoms with van der Waals surface area (Å²) in [6.07, 6.45) is 2.48. The van der Waals surface area contributed by atoms with Gasteiger partial charge in [0.1, 0.15) is 0 Å². The van der Waals surface area contributed by atoms with Crippen molar-refractivity contribution in [3.8, 4) is 0 Å². The molecule has 4 heteroatoms. The highest BCUT2D eigenvalue weighted by Crippen LogP contribution is 2.24. The standard InChI is InChI=1S/C16H27NO2S/c1-6-8-15(17-5)16(7-2)20(18,19)14-10-9-12(3)13(4)11-14/h9-11,15-17H,6-8H2,1-5H3. The van der Waals surface area contributed by atoms with Crippen LogP contribution in [0.4, 0.5) is 0 Å². The van der Waals surface area contributed by atoms with Crippen molar-refractivity contribution < 1.29 is 8.42 Å². The van der Waals surface area contributed by atoms with Crippen LogP contribution in [0.25, 0.3) is 0 Å². The number of nitrogens with one attached hydrogen (secondary N) is 1. The van der Waals surface area contributed by atoms with Crippen LogP contribution in [0, 0.1) is 13.8 Å². The van der Waals surface area contributed by atoms with Gasteiger partial charge in [0.05, 0.1) is 10.1 Å². The molecule has 3 nitrogen and oxygen atoms in total. The minimum absolute atomic E-state index is 0.0107. The third-order valence-electron chi connectivity index (χ3n) is 4.03.